The van der Waals surface area contributed by atoms with Crippen LogP contribution in [-0.2, 0) is 4.74 Å². The van der Waals surface area contributed by atoms with Crippen molar-refractivity contribution in [2.24, 2.45) is 0 Å². The number of carbonyl (C=O) groups is 1. The van der Waals surface area contributed by atoms with Crippen LogP contribution in [0.4, 0.5) is 13.6 Å². The van der Waals surface area contributed by atoms with Gasteiger partial charge >= 0.3 is 6.03 Å². The zero-order valence-electron chi connectivity index (χ0n) is 9.42. The van der Waals surface area contributed by atoms with E-state index in [0.29, 0.717) is 13.1 Å². The lowest BCUT2D eigenvalue weighted by atomic mass is 10.2. The third kappa shape index (κ3) is 4.30. The summed E-state index contributed by atoms with van der Waals surface area (Å²) >= 11 is 0. The van der Waals surface area contributed by atoms with Crippen LogP contribution in [0, 0.1) is 0 Å². The number of alkyl halides is 2. The normalized spacial score (nSPS) is 20.1. The molecule has 0 spiro atoms. The Bertz CT molecular complexity index is 221. The summed E-state index contributed by atoms with van der Waals surface area (Å²) in [7, 11) is 0. The summed E-state index contributed by atoms with van der Waals surface area (Å²) < 4.78 is 29.2. The largest absolute Gasteiger partial charge is 0.376 e. The second kappa shape index (κ2) is 6.62. The summed E-state index contributed by atoms with van der Waals surface area (Å²) in [5.74, 6) is 0. The van der Waals surface area contributed by atoms with Gasteiger partial charge in [-0.05, 0) is 19.8 Å². The number of likely N-dealkylation sites (N-methyl/N-ethyl adjacent to an activating group) is 1. The number of urea groups is 1. The van der Waals surface area contributed by atoms with Crippen molar-refractivity contribution in [2.45, 2.75) is 32.3 Å². The first-order valence-corrected chi connectivity index (χ1v) is 5.56. The molecule has 1 unspecified atom stereocenters. The molecule has 0 aromatic rings. The number of ether oxygens (including phenoxy) is 1. The average molecular weight is 236 g/mol. The SMILES string of the molecule is CCN(CC1CCCO1)C(=O)NCC(F)F. The topological polar surface area (TPSA) is 41.6 Å². The summed E-state index contributed by atoms with van der Waals surface area (Å²) in [6.07, 6.45) is -0.526. The number of hydrogen-bond acceptors (Lipinski definition) is 2. The molecule has 1 heterocycles. The highest BCUT2D eigenvalue weighted by molar-refractivity contribution is 5.74. The van der Waals surface area contributed by atoms with E-state index in [4.69, 9.17) is 4.74 Å². The van der Waals surface area contributed by atoms with Crippen LogP contribution >= 0.6 is 0 Å². The lowest BCUT2D eigenvalue weighted by molar-refractivity contribution is 0.0809. The van der Waals surface area contributed by atoms with Crippen molar-refractivity contribution in [1.29, 1.82) is 0 Å². The molecule has 0 aliphatic carbocycles. The van der Waals surface area contributed by atoms with Crippen molar-refractivity contribution < 1.29 is 18.3 Å². The highest BCUT2D eigenvalue weighted by Gasteiger charge is 2.21. The molecule has 1 N–H and O–H groups in total. The zero-order valence-corrected chi connectivity index (χ0v) is 9.42. The van der Waals surface area contributed by atoms with E-state index in [-0.39, 0.29) is 6.10 Å². The molecule has 1 rings (SSSR count). The van der Waals surface area contributed by atoms with Gasteiger partial charge in [0.2, 0.25) is 0 Å². The van der Waals surface area contributed by atoms with Gasteiger partial charge in [-0.15, -0.1) is 0 Å². The number of nitrogens with one attached hydrogen (secondary N) is 1. The highest BCUT2D eigenvalue weighted by Crippen LogP contribution is 2.13. The Morgan fingerprint density at radius 1 is 1.62 bits per heavy atom. The predicted molar refractivity (Wildman–Crippen MR) is 55.6 cm³/mol. The van der Waals surface area contributed by atoms with Crippen LogP contribution in [0.25, 0.3) is 0 Å². The molecular weight excluding hydrogens is 218 g/mol. The molecule has 1 fully saturated rings. The molecule has 2 amide bonds. The molecule has 16 heavy (non-hydrogen) atoms. The smallest absolute Gasteiger partial charge is 0.317 e. The van der Waals surface area contributed by atoms with E-state index < -0.39 is 19.0 Å². The summed E-state index contributed by atoms with van der Waals surface area (Å²) in [4.78, 5) is 13.0. The molecule has 0 aromatic carbocycles. The van der Waals surface area contributed by atoms with Gasteiger partial charge < -0.3 is 15.0 Å². The number of carbonyl (C=O) groups excluding carboxylic acids is 1. The molecule has 4 nitrogen and oxygen atoms in total. The molecule has 1 aliphatic rings. The van der Waals surface area contributed by atoms with Crippen LogP contribution in [0.2, 0.25) is 0 Å². The maximum absolute atomic E-state index is 11.9. The van der Waals surface area contributed by atoms with Crippen molar-refractivity contribution in [3.63, 3.8) is 0 Å². The van der Waals surface area contributed by atoms with Gasteiger partial charge in [-0.3, -0.25) is 0 Å². The van der Waals surface area contributed by atoms with Crippen molar-refractivity contribution in [3.8, 4) is 0 Å². The number of amides is 2. The lowest BCUT2D eigenvalue weighted by Crippen LogP contribution is -2.44. The van der Waals surface area contributed by atoms with Gasteiger partial charge in [-0.25, -0.2) is 13.6 Å². The molecule has 1 atom stereocenters. The van der Waals surface area contributed by atoms with Gasteiger partial charge in [-0.2, -0.15) is 0 Å². The predicted octanol–water partition coefficient (Wildman–Crippen LogP) is 1.46. The van der Waals surface area contributed by atoms with Gasteiger partial charge in [0.25, 0.3) is 6.43 Å². The van der Waals surface area contributed by atoms with Crippen LogP contribution in [0.5, 0.6) is 0 Å². The molecule has 94 valence electrons. The molecule has 0 saturated carbocycles. The maximum Gasteiger partial charge on any atom is 0.317 e. The Labute approximate surface area is 93.9 Å². The third-order valence-electron chi connectivity index (χ3n) is 2.52. The van der Waals surface area contributed by atoms with Gasteiger partial charge in [-0.1, -0.05) is 0 Å². The van der Waals surface area contributed by atoms with Crippen LogP contribution in [0.3, 0.4) is 0 Å². The monoisotopic (exact) mass is 236 g/mol. The van der Waals surface area contributed by atoms with Gasteiger partial charge in [0.15, 0.2) is 0 Å². The molecule has 0 aromatic heterocycles. The number of rotatable bonds is 5. The summed E-state index contributed by atoms with van der Waals surface area (Å²) in [5.41, 5.74) is 0. The summed E-state index contributed by atoms with van der Waals surface area (Å²) in [6, 6.07) is -0.446. The van der Waals surface area contributed by atoms with E-state index >= 15 is 0 Å². The quantitative estimate of drug-likeness (QED) is 0.785. The Morgan fingerprint density at radius 2 is 2.38 bits per heavy atom. The van der Waals surface area contributed by atoms with Crippen molar-refractivity contribution in [3.05, 3.63) is 0 Å². The zero-order chi connectivity index (χ0) is 12.0. The molecule has 6 heteroatoms. The Hall–Kier alpha value is -0.910. The van der Waals surface area contributed by atoms with Crippen LogP contribution < -0.4 is 5.32 Å². The maximum atomic E-state index is 11.9. The average Bonchev–Trinajstić information content (AvgIpc) is 2.75. The van der Waals surface area contributed by atoms with Gasteiger partial charge in [0.05, 0.1) is 12.6 Å². The Balaban J connectivity index is 2.30. The van der Waals surface area contributed by atoms with E-state index in [1.54, 1.807) is 0 Å². The first-order valence-electron chi connectivity index (χ1n) is 5.56. The Morgan fingerprint density at radius 3 is 2.88 bits per heavy atom. The third-order valence-corrected chi connectivity index (χ3v) is 2.52. The number of hydrogen-bond donors (Lipinski definition) is 1. The fraction of sp³-hybridized carbons (Fsp3) is 0.900. The first-order chi connectivity index (χ1) is 7.63. The van der Waals surface area contributed by atoms with Crippen LogP contribution in [0.1, 0.15) is 19.8 Å². The van der Waals surface area contributed by atoms with E-state index in [9.17, 15) is 13.6 Å². The minimum absolute atomic E-state index is 0.0530. The van der Waals surface area contributed by atoms with Crippen molar-refractivity contribution in [2.75, 3.05) is 26.2 Å². The van der Waals surface area contributed by atoms with Crippen LogP contribution in [0.15, 0.2) is 0 Å². The fourth-order valence-electron chi connectivity index (χ4n) is 1.67. The standard InChI is InChI=1S/C10H18F2N2O2/c1-2-14(7-8-4-3-5-16-8)10(15)13-6-9(11)12/h8-9H,2-7H2,1H3,(H,13,15). The minimum Gasteiger partial charge on any atom is -0.376 e. The molecule has 0 bridgehead atoms. The van der Waals surface area contributed by atoms with Crippen LogP contribution in [-0.4, -0.2) is 49.7 Å². The lowest BCUT2D eigenvalue weighted by Gasteiger charge is -2.24. The molecule has 0 radical (unpaired) electrons. The molecule has 1 aliphatic heterocycles. The van der Waals surface area contributed by atoms with E-state index in [0.717, 1.165) is 19.4 Å². The fourth-order valence-corrected chi connectivity index (χ4v) is 1.67. The molecular formula is C10H18F2N2O2. The number of halogens is 2. The van der Waals surface area contributed by atoms with Crippen molar-refractivity contribution >= 4 is 6.03 Å². The summed E-state index contributed by atoms with van der Waals surface area (Å²) in [6.45, 7) is 2.92. The molecule has 1 saturated heterocycles. The summed E-state index contributed by atoms with van der Waals surface area (Å²) in [5, 5.41) is 2.19. The highest BCUT2D eigenvalue weighted by atomic mass is 19.3. The second-order valence-electron chi connectivity index (χ2n) is 3.75. The minimum atomic E-state index is -2.51. The van der Waals surface area contributed by atoms with Gasteiger partial charge in [0.1, 0.15) is 0 Å². The van der Waals surface area contributed by atoms with E-state index in [1.165, 1.54) is 4.90 Å². The first kappa shape index (κ1) is 13.2. The number of nitrogens with zero attached hydrogens (tertiary/aromatic N) is 1. The van der Waals surface area contributed by atoms with Crippen molar-refractivity contribution in [1.82, 2.24) is 10.2 Å². The Kier molecular flexibility index (Phi) is 5.45. The van der Waals surface area contributed by atoms with E-state index in [1.807, 2.05) is 6.92 Å². The van der Waals surface area contributed by atoms with Gasteiger partial charge in [0, 0.05) is 19.7 Å². The van der Waals surface area contributed by atoms with E-state index in [2.05, 4.69) is 5.32 Å². The second-order valence-corrected chi connectivity index (χ2v) is 3.75.